The number of halogens is 2. The lowest BCUT2D eigenvalue weighted by molar-refractivity contribution is -0.120. The van der Waals surface area contributed by atoms with E-state index in [1.54, 1.807) is 0 Å². The van der Waals surface area contributed by atoms with Gasteiger partial charge < -0.3 is 4.74 Å². The smallest absolute Gasteiger partial charge is 0.161 e. The number of rotatable bonds is 5. The number of benzene rings is 1. The van der Waals surface area contributed by atoms with Crippen molar-refractivity contribution in [1.82, 2.24) is 4.90 Å². The Morgan fingerprint density at radius 1 is 1.21 bits per heavy atom. The van der Waals surface area contributed by atoms with Crippen LogP contribution in [-0.2, 0) is 9.53 Å². The third-order valence-electron chi connectivity index (χ3n) is 3.17. The summed E-state index contributed by atoms with van der Waals surface area (Å²) >= 11 is 7.12. The van der Waals surface area contributed by atoms with Crippen LogP contribution in [0.2, 0.25) is 0 Å². The monoisotopic (exact) mass is 389 g/mol. The van der Waals surface area contributed by atoms with Gasteiger partial charge in [-0.1, -0.05) is 62.2 Å². The number of carbonyl (C=O) groups is 1. The number of hydrogen-bond donors (Lipinski definition) is 0. The molecule has 3 nitrogen and oxygen atoms in total. The van der Waals surface area contributed by atoms with Crippen LogP contribution in [0, 0.1) is 0 Å². The molecule has 1 saturated heterocycles. The van der Waals surface area contributed by atoms with Gasteiger partial charge in [0.15, 0.2) is 5.78 Å². The Morgan fingerprint density at radius 2 is 1.84 bits per heavy atom. The van der Waals surface area contributed by atoms with Gasteiger partial charge in [-0.05, 0) is 5.56 Å². The van der Waals surface area contributed by atoms with Crippen LogP contribution in [0.3, 0.4) is 0 Å². The van der Waals surface area contributed by atoms with E-state index in [2.05, 4.69) is 36.8 Å². The summed E-state index contributed by atoms with van der Waals surface area (Å²) in [5.41, 5.74) is 1.11. The molecule has 0 aromatic heterocycles. The topological polar surface area (TPSA) is 29.5 Å². The molecule has 0 saturated carbocycles. The van der Waals surface area contributed by atoms with E-state index in [4.69, 9.17) is 4.74 Å². The summed E-state index contributed by atoms with van der Waals surface area (Å²) in [6.07, 6.45) is 0. The van der Waals surface area contributed by atoms with Gasteiger partial charge >= 0.3 is 0 Å². The average Bonchev–Trinajstić information content (AvgIpc) is 2.47. The van der Waals surface area contributed by atoms with Crippen molar-refractivity contribution in [3.8, 4) is 0 Å². The normalized spacial score (nSPS) is 19.9. The lowest BCUT2D eigenvalue weighted by atomic mass is 10.1. The second-order valence-electron chi connectivity index (χ2n) is 4.57. The first-order valence-electron chi connectivity index (χ1n) is 6.34. The van der Waals surface area contributed by atoms with Crippen LogP contribution in [0.25, 0.3) is 0 Å². The van der Waals surface area contributed by atoms with Crippen molar-refractivity contribution in [3.63, 3.8) is 0 Å². The molecule has 19 heavy (non-hydrogen) atoms. The molecule has 0 N–H and O–H groups in total. The molecule has 0 amide bonds. The number of nitrogens with zero attached hydrogens (tertiary/aromatic N) is 1. The van der Waals surface area contributed by atoms with E-state index in [1.165, 1.54) is 0 Å². The predicted molar refractivity (Wildman–Crippen MR) is 83.1 cm³/mol. The van der Waals surface area contributed by atoms with Gasteiger partial charge in [0.25, 0.3) is 0 Å². The minimum atomic E-state index is -0.210. The number of carbonyl (C=O) groups excluding carboxylic acids is 1. The van der Waals surface area contributed by atoms with E-state index in [9.17, 15) is 4.79 Å². The third-order valence-corrected chi connectivity index (χ3v) is 5.97. The number of ketones is 1. The highest BCUT2D eigenvalue weighted by molar-refractivity contribution is 9.12. The molecule has 1 aliphatic heterocycles. The maximum absolute atomic E-state index is 12.3. The molecule has 0 bridgehead atoms. The van der Waals surface area contributed by atoms with Crippen molar-refractivity contribution in [2.75, 3.05) is 32.8 Å². The standard InChI is InChI=1S/C14H17Br2NO2/c15-13(11-4-2-1-3-5-11)14(16)12(18)10-17-6-8-19-9-7-17/h1-5,13-14H,6-10H2/t13-,14+/m1/s1. The van der Waals surface area contributed by atoms with Gasteiger partial charge in [-0.15, -0.1) is 0 Å². The summed E-state index contributed by atoms with van der Waals surface area (Å²) in [4.78, 5) is 14.2. The summed E-state index contributed by atoms with van der Waals surface area (Å²) in [5.74, 6) is 0.202. The van der Waals surface area contributed by atoms with Crippen molar-refractivity contribution >= 4 is 37.6 Å². The molecule has 5 heteroatoms. The molecular weight excluding hydrogens is 374 g/mol. The first-order valence-corrected chi connectivity index (χ1v) is 8.17. The molecule has 2 atom stereocenters. The maximum Gasteiger partial charge on any atom is 0.161 e. The largest absolute Gasteiger partial charge is 0.379 e. The van der Waals surface area contributed by atoms with Crippen LogP contribution in [0.5, 0.6) is 0 Å². The molecule has 1 aromatic rings. The highest BCUT2D eigenvalue weighted by atomic mass is 79.9. The maximum atomic E-state index is 12.3. The SMILES string of the molecule is O=C(CN1CCOCC1)[C@H](Br)[C@H](Br)c1ccccc1. The van der Waals surface area contributed by atoms with Crippen LogP contribution < -0.4 is 0 Å². The lowest BCUT2D eigenvalue weighted by Gasteiger charge is -2.27. The lowest BCUT2D eigenvalue weighted by Crippen LogP contribution is -2.41. The first kappa shape index (κ1) is 15.2. The van der Waals surface area contributed by atoms with Crippen molar-refractivity contribution in [2.24, 2.45) is 0 Å². The quantitative estimate of drug-likeness (QED) is 0.724. The molecule has 0 aliphatic carbocycles. The number of morpholine rings is 1. The van der Waals surface area contributed by atoms with Gasteiger partial charge in [-0.2, -0.15) is 0 Å². The van der Waals surface area contributed by atoms with Crippen molar-refractivity contribution < 1.29 is 9.53 Å². The molecule has 2 rings (SSSR count). The van der Waals surface area contributed by atoms with Crippen LogP contribution in [0.15, 0.2) is 30.3 Å². The summed E-state index contributed by atoms with van der Waals surface area (Å²) in [6.45, 7) is 3.59. The minimum Gasteiger partial charge on any atom is -0.379 e. The molecule has 1 aromatic carbocycles. The molecule has 1 fully saturated rings. The van der Waals surface area contributed by atoms with Crippen molar-refractivity contribution in [1.29, 1.82) is 0 Å². The average molecular weight is 391 g/mol. The number of Topliss-reactive ketones (excluding diaryl/α,β-unsaturated/α-hetero) is 1. The second-order valence-corrected chi connectivity index (χ2v) is 6.54. The molecule has 0 radical (unpaired) electrons. The van der Waals surface area contributed by atoms with E-state index in [-0.39, 0.29) is 15.4 Å². The zero-order chi connectivity index (χ0) is 13.7. The van der Waals surface area contributed by atoms with Crippen LogP contribution in [0.4, 0.5) is 0 Å². The van der Waals surface area contributed by atoms with Crippen molar-refractivity contribution in [3.05, 3.63) is 35.9 Å². The number of hydrogen-bond acceptors (Lipinski definition) is 3. The summed E-state index contributed by atoms with van der Waals surface area (Å²) in [7, 11) is 0. The minimum absolute atomic E-state index is 0.00207. The summed E-state index contributed by atoms with van der Waals surface area (Å²) in [5, 5.41) is 0. The molecule has 1 aliphatic rings. The molecule has 1 heterocycles. The van der Waals surface area contributed by atoms with E-state index < -0.39 is 0 Å². The second kappa shape index (κ2) is 7.53. The Balaban J connectivity index is 1.91. The Hall–Kier alpha value is -0.230. The van der Waals surface area contributed by atoms with Gasteiger partial charge in [0.05, 0.1) is 29.4 Å². The van der Waals surface area contributed by atoms with Gasteiger partial charge in [0.2, 0.25) is 0 Å². The Morgan fingerprint density at radius 3 is 2.47 bits per heavy atom. The molecule has 0 unspecified atom stereocenters. The highest BCUT2D eigenvalue weighted by Gasteiger charge is 2.26. The number of ether oxygens (including phenoxy) is 1. The molecule has 0 spiro atoms. The Labute approximate surface area is 130 Å². The Kier molecular flexibility index (Phi) is 6.01. The van der Waals surface area contributed by atoms with E-state index in [1.807, 2.05) is 30.3 Å². The fourth-order valence-electron chi connectivity index (χ4n) is 2.04. The Bertz CT molecular complexity index is 407. The van der Waals surface area contributed by atoms with E-state index >= 15 is 0 Å². The molecule has 104 valence electrons. The van der Waals surface area contributed by atoms with Gasteiger partial charge in [0.1, 0.15) is 0 Å². The van der Waals surface area contributed by atoms with Crippen LogP contribution in [0.1, 0.15) is 10.4 Å². The predicted octanol–water partition coefficient (Wildman–Crippen LogP) is 2.79. The highest BCUT2D eigenvalue weighted by Crippen LogP contribution is 2.31. The molecular formula is C14H17Br2NO2. The van der Waals surface area contributed by atoms with E-state index in [0.717, 1.165) is 31.9 Å². The van der Waals surface area contributed by atoms with E-state index in [0.29, 0.717) is 6.54 Å². The fourth-order valence-corrected chi connectivity index (χ4v) is 3.09. The summed E-state index contributed by atoms with van der Waals surface area (Å²) in [6, 6.07) is 9.99. The third kappa shape index (κ3) is 4.38. The van der Waals surface area contributed by atoms with Crippen LogP contribution >= 0.6 is 31.9 Å². The summed E-state index contributed by atoms with van der Waals surface area (Å²) < 4.78 is 5.28. The zero-order valence-corrected chi connectivity index (χ0v) is 13.8. The van der Waals surface area contributed by atoms with Crippen LogP contribution in [-0.4, -0.2) is 48.4 Å². The first-order chi connectivity index (χ1) is 9.18. The zero-order valence-electron chi connectivity index (χ0n) is 10.6. The van der Waals surface area contributed by atoms with Gasteiger partial charge in [-0.25, -0.2) is 0 Å². The van der Waals surface area contributed by atoms with Gasteiger partial charge in [-0.3, -0.25) is 9.69 Å². The van der Waals surface area contributed by atoms with Crippen molar-refractivity contribution in [2.45, 2.75) is 9.65 Å². The fraction of sp³-hybridized carbons (Fsp3) is 0.500. The number of alkyl halides is 2. The van der Waals surface area contributed by atoms with Gasteiger partial charge in [0, 0.05) is 13.1 Å².